The fourth-order valence-electron chi connectivity index (χ4n) is 9.59. The average molecular weight is 1760 g/mol. The number of thioether (sulfide) groups is 2. The molecule has 5 unspecified atom stereocenters. The van der Waals surface area contributed by atoms with E-state index < -0.39 is 199 Å². The fraction of sp³-hybridized carbons (Fsp3) is 0.654. The number of carboxylic acids is 1. The number of nitrogen functional groups attached to an aromatic ring is 2. The van der Waals surface area contributed by atoms with E-state index in [-0.39, 0.29) is 102 Å². The van der Waals surface area contributed by atoms with Crippen LogP contribution in [0.1, 0.15) is 86.1 Å². The molecule has 6 rings (SSSR count). The standard InChI is InChI=1S/C27H44N7O20P3S.C25H40N7O18P3S/c1-26(2,21(40)24(41)30-5-4-15(35)29-6-7-58-17(38)9-27(3,42)8-16(36)37)11-51-57(48,49)54-56(46,47)50-10-14-20(53-55(43,44)45)19(39)25(52-14)34-13-33-18-22(28)31-12-32-23(18)34;1-13(33)8-16(35)54-7-6-27-15(34)4-5-28-23(38)20(37)25(2,3)10-47-53(44,45)50-52(42,43)46-9-14-19(49-51(39,40)41)18(36)24(48-14)32-12-31-17-21(26)29-11-30-22(17)32/h12-14,19-21,25,39-40,42H,4-11H2,1-3H3,(H,29,35)(H,30,41)(H,36,37)(H,46,47)(H,48,49)(H2,28,31,32)(H2,43,44,45);11-12,14,18-20,24,36-37H,4-10H2,1-3H3,(H,27,34)(H,28,38)(H,42,43)(H,44,45)(H2,26,29,30)(H2,39,40,41)/t14-,19-,20-,21+,25-,27?;14-,18-,19-,20+,24-/m11/s1. The smallest absolute Gasteiger partial charge is 0.481 e. The highest BCUT2D eigenvalue weighted by atomic mass is 32.2. The van der Waals surface area contributed by atoms with Gasteiger partial charge in [0.2, 0.25) is 23.6 Å². The summed E-state index contributed by atoms with van der Waals surface area (Å²) >= 11 is 1.65. The van der Waals surface area contributed by atoms with Crippen LogP contribution < -0.4 is 32.7 Å². The molecule has 0 aliphatic carbocycles. The van der Waals surface area contributed by atoms with Crippen molar-refractivity contribution in [3.63, 3.8) is 0 Å². The summed E-state index contributed by atoms with van der Waals surface area (Å²) < 4.78 is 124. The molecular formula is C52H84N14O38P6S2. The lowest BCUT2D eigenvalue weighted by atomic mass is 9.87. The van der Waals surface area contributed by atoms with Crippen LogP contribution in [-0.4, -0.2) is 273 Å². The molecule has 52 nitrogen and oxygen atoms in total. The first-order valence-electron chi connectivity index (χ1n) is 32.1. The Bertz CT molecular complexity index is 4310. The van der Waals surface area contributed by atoms with Crippen LogP contribution in [-0.2, 0) is 111 Å². The first-order chi connectivity index (χ1) is 51.5. The number of aliphatic hydroxyl groups excluding tert-OH is 4. The molecule has 632 valence electrons. The molecule has 2 saturated heterocycles. The third-order valence-corrected chi connectivity index (χ3v) is 22.9. The van der Waals surface area contributed by atoms with E-state index >= 15 is 0 Å². The number of fused-ring (bicyclic) bond motifs is 2. The Morgan fingerprint density at radius 2 is 0.920 bits per heavy atom. The predicted octanol–water partition coefficient (Wildman–Crippen LogP) is -3.08. The van der Waals surface area contributed by atoms with Crippen molar-refractivity contribution in [1.29, 1.82) is 0 Å². The highest BCUT2D eigenvalue weighted by Crippen LogP contribution is 2.63. The molecule has 15 atom stereocenters. The van der Waals surface area contributed by atoms with Gasteiger partial charge in [-0.3, -0.25) is 74.6 Å². The number of amides is 4. The minimum atomic E-state index is -5.60. The third-order valence-electron chi connectivity index (χ3n) is 15.0. The van der Waals surface area contributed by atoms with E-state index in [0.29, 0.717) is 0 Å². The summed E-state index contributed by atoms with van der Waals surface area (Å²) in [5.41, 5.74) is 6.66. The molecule has 2 fully saturated rings. The molecule has 4 amide bonds. The summed E-state index contributed by atoms with van der Waals surface area (Å²) in [7, 11) is -32.9. The molecule has 4 aromatic heterocycles. The van der Waals surface area contributed by atoms with Gasteiger partial charge in [-0.1, -0.05) is 51.2 Å². The maximum atomic E-state index is 12.7. The predicted molar refractivity (Wildman–Crippen MR) is 377 cm³/mol. The number of Topliss-reactive ketones (excluding diaryl/α,β-unsaturated/α-hetero) is 1. The quantitative estimate of drug-likeness (QED) is 0.0119. The van der Waals surface area contributed by atoms with Crippen LogP contribution in [0.5, 0.6) is 0 Å². The van der Waals surface area contributed by atoms with Crippen molar-refractivity contribution in [1.82, 2.24) is 60.3 Å². The second-order valence-corrected chi connectivity index (χ2v) is 36.5. The minimum Gasteiger partial charge on any atom is -0.481 e. The van der Waals surface area contributed by atoms with Gasteiger partial charge >= 0.3 is 52.9 Å². The zero-order valence-electron chi connectivity index (χ0n) is 59.5. The fourth-order valence-corrected chi connectivity index (χ4v) is 16.8. The molecule has 2 aliphatic heterocycles. The van der Waals surface area contributed by atoms with E-state index in [0.717, 1.165) is 58.0 Å². The molecule has 2 aliphatic rings. The summed E-state index contributed by atoms with van der Waals surface area (Å²) in [6.07, 6.45) is -15.5. The van der Waals surface area contributed by atoms with Gasteiger partial charge in [-0.25, -0.2) is 57.3 Å². The molecule has 112 heavy (non-hydrogen) atoms. The van der Waals surface area contributed by atoms with Crippen molar-refractivity contribution in [2.45, 2.75) is 141 Å². The molecule has 0 saturated carbocycles. The number of rotatable bonds is 44. The third kappa shape index (κ3) is 31.3. The molecule has 6 heterocycles. The zero-order valence-corrected chi connectivity index (χ0v) is 66.5. The number of nitrogens with two attached hydrogens (primary N) is 2. The minimum absolute atomic E-state index is 0.0147. The van der Waals surface area contributed by atoms with Gasteiger partial charge in [0.25, 0.3) is 0 Å². The Kier molecular flexibility index (Phi) is 35.3. The van der Waals surface area contributed by atoms with Crippen LogP contribution >= 0.6 is 70.5 Å². The Morgan fingerprint density at radius 3 is 1.28 bits per heavy atom. The number of anilines is 2. The van der Waals surface area contributed by atoms with Crippen LogP contribution in [0.15, 0.2) is 25.3 Å². The van der Waals surface area contributed by atoms with E-state index in [1.54, 1.807) is 0 Å². The van der Waals surface area contributed by atoms with E-state index in [2.05, 4.69) is 68.8 Å². The van der Waals surface area contributed by atoms with Crippen LogP contribution in [0.3, 0.4) is 0 Å². The average Bonchev–Trinajstić information content (AvgIpc) is 1.62. The van der Waals surface area contributed by atoms with Crippen LogP contribution in [0, 0.1) is 10.8 Å². The first kappa shape index (κ1) is 96.8. The second kappa shape index (κ2) is 40.9. The maximum absolute atomic E-state index is 12.7. The number of aliphatic carboxylic acids is 1. The van der Waals surface area contributed by atoms with E-state index in [9.17, 15) is 130 Å². The number of ketones is 1. The summed E-state index contributed by atoms with van der Waals surface area (Å²) in [5, 5.41) is 70.2. The molecular weight excluding hydrogens is 1680 g/mol. The number of nitrogens with one attached hydrogen (secondary N) is 4. The number of phosphoric acid groups is 6. The van der Waals surface area contributed by atoms with Gasteiger partial charge in [0.15, 0.2) is 45.6 Å². The summed E-state index contributed by atoms with van der Waals surface area (Å²) in [5.74, 6) is -4.42. The van der Waals surface area contributed by atoms with Crippen molar-refractivity contribution >= 4 is 150 Å². The highest BCUT2D eigenvalue weighted by molar-refractivity contribution is 8.13. The Hall–Kier alpha value is -5.78. The summed E-state index contributed by atoms with van der Waals surface area (Å²) in [4.78, 5) is 196. The first-order valence-corrected chi connectivity index (χ1v) is 43.1. The lowest BCUT2D eigenvalue weighted by molar-refractivity contribution is -0.142. The molecule has 0 bridgehead atoms. The van der Waals surface area contributed by atoms with Crippen LogP contribution in [0.4, 0.5) is 11.6 Å². The van der Waals surface area contributed by atoms with Gasteiger partial charge in [0.1, 0.15) is 78.3 Å². The maximum Gasteiger partial charge on any atom is 0.481 e. The molecule has 60 heteroatoms. The van der Waals surface area contributed by atoms with Crippen molar-refractivity contribution in [2.24, 2.45) is 10.8 Å². The summed E-state index contributed by atoms with van der Waals surface area (Å²) in [6.45, 7) is 2.87. The van der Waals surface area contributed by atoms with Gasteiger partial charge in [-0.05, 0) is 13.8 Å². The number of carbonyl (C=O) groups is 8. The Labute approximate surface area is 640 Å². The number of phosphoric ester groups is 6. The van der Waals surface area contributed by atoms with E-state index in [4.69, 9.17) is 44.1 Å². The lowest BCUT2D eigenvalue weighted by Gasteiger charge is -2.30. The van der Waals surface area contributed by atoms with Gasteiger partial charge in [-0.15, -0.1) is 0 Å². The van der Waals surface area contributed by atoms with Gasteiger partial charge in [-0.2, -0.15) is 8.62 Å². The number of aliphatic hydroxyl groups is 5. The molecule has 0 radical (unpaired) electrons. The molecule has 0 aromatic carbocycles. The van der Waals surface area contributed by atoms with Crippen LogP contribution in [0.2, 0.25) is 0 Å². The molecule has 4 aromatic rings. The monoisotopic (exact) mass is 1760 g/mol. The number of aromatic nitrogens is 8. The van der Waals surface area contributed by atoms with Crippen molar-refractivity contribution in [2.75, 3.05) is 75.6 Å². The number of hydrogen-bond acceptors (Lipinski definition) is 39. The molecule has 0 spiro atoms. The lowest BCUT2D eigenvalue weighted by Crippen LogP contribution is -2.46. The van der Waals surface area contributed by atoms with Gasteiger partial charge < -0.3 is 112 Å². The summed E-state index contributed by atoms with van der Waals surface area (Å²) in [6, 6.07) is 0. The Morgan fingerprint density at radius 1 is 0.554 bits per heavy atom. The van der Waals surface area contributed by atoms with E-state index in [1.165, 1.54) is 41.5 Å². The number of imidazole rings is 2. The largest absolute Gasteiger partial charge is 0.481 e. The highest BCUT2D eigenvalue weighted by Gasteiger charge is 2.53. The van der Waals surface area contributed by atoms with E-state index in [1.807, 2.05) is 0 Å². The van der Waals surface area contributed by atoms with Gasteiger partial charge in [0.05, 0.1) is 57.5 Å². The van der Waals surface area contributed by atoms with Gasteiger partial charge in [0, 0.05) is 67.8 Å². The number of hydrogen-bond donors (Lipinski definition) is 20. The van der Waals surface area contributed by atoms with Crippen molar-refractivity contribution in [3.8, 4) is 0 Å². The number of nitrogens with zero attached hydrogens (tertiary/aromatic N) is 8. The number of carboxylic acid groups (broad SMARTS) is 1. The zero-order chi connectivity index (χ0) is 84.5. The number of ether oxygens (including phenoxy) is 2. The molecule has 22 N–H and O–H groups in total. The SMILES string of the molecule is CC(=O)CC(=O)SCCNC(=O)CCNC(=O)[C@H](O)C(C)(C)COP(=O)(O)OP(=O)(O)OC[C@H]1O[C@@H](n2cnc3c(N)ncnc32)[C@H](O)[C@@H]1OP(=O)(O)O.CC(O)(CC(=O)O)CC(=O)SCCNC(=O)CCNC(=O)[C@H](O)C(C)(C)COP(=O)(O)OP(=O)(O)OC[C@H]1O[C@@H](n2cnc3c(N)ncnc32)[C@H](O)[C@@H]1OP(=O)(O)O. The topological polar surface area (TPSA) is 802 Å². The Balaban J connectivity index is 0.000000401. The normalized spacial score (nSPS) is 22.2. The number of carbonyl (C=O) groups excluding carboxylic acids is 7. The van der Waals surface area contributed by atoms with Crippen LogP contribution in [0.25, 0.3) is 22.3 Å². The second-order valence-electron chi connectivity index (χ2n) is 25.7. The van der Waals surface area contributed by atoms with Crippen molar-refractivity contribution in [3.05, 3.63) is 25.3 Å². The van der Waals surface area contributed by atoms with Crippen molar-refractivity contribution < 1.29 is 181 Å².